The van der Waals surface area contributed by atoms with Crippen LogP contribution in [-0.4, -0.2) is 35.4 Å². The quantitative estimate of drug-likeness (QED) is 0.808. The summed E-state index contributed by atoms with van der Waals surface area (Å²) >= 11 is 0. The number of benzene rings is 1. The van der Waals surface area contributed by atoms with Crippen molar-refractivity contribution in [2.45, 2.75) is 0 Å². The lowest BCUT2D eigenvalue weighted by Crippen LogP contribution is -2.34. The van der Waals surface area contributed by atoms with E-state index in [2.05, 4.69) is 5.32 Å². The molecule has 0 spiro atoms. The number of aromatic carboxylic acids is 1. The van der Waals surface area contributed by atoms with E-state index in [1.807, 2.05) is 0 Å². The smallest absolute Gasteiger partial charge is 0.341 e. The summed E-state index contributed by atoms with van der Waals surface area (Å²) in [6, 6.07) is 9.14. The Balaban J connectivity index is 1.98. The zero-order chi connectivity index (χ0) is 16.8. The molecular weight excluding hydrogens is 304 g/mol. The Morgan fingerprint density at radius 2 is 1.91 bits per heavy atom. The number of hydrogen-bond acceptors (Lipinski definition) is 5. The van der Waals surface area contributed by atoms with E-state index in [-0.39, 0.29) is 0 Å². The Morgan fingerprint density at radius 1 is 1.22 bits per heavy atom. The van der Waals surface area contributed by atoms with Crippen molar-refractivity contribution in [1.29, 1.82) is 0 Å². The van der Waals surface area contributed by atoms with Gasteiger partial charge in [0.2, 0.25) is 0 Å². The number of hydrogen-bond donors (Lipinski definition) is 2. The van der Waals surface area contributed by atoms with Gasteiger partial charge in [-0.1, -0.05) is 0 Å². The lowest BCUT2D eigenvalue weighted by molar-refractivity contribution is -0.120. The zero-order valence-corrected chi connectivity index (χ0v) is 12.2. The van der Waals surface area contributed by atoms with Crippen molar-refractivity contribution < 1.29 is 24.3 Å². The molecule has 0 unspecified atom stereocenters. The summed E-state index contributed by atoms with van der Waals surface area (Å²) in [7, 11) is 1.53. The highest BCUT2D eigenvalue weighted by atomic mass is 16.7. The number of amides is 1. The highest BCUT2D eigenvalue weighted by Gasteiger charge is 2.11. The molecule has 2 rings (SSSR count). The highest BCUT2D eigenvalue weighted by Crippen LogP contribution is 2.14. The molecule has 120 valence electrons. The van der Waals surface area contributed by atoms with Gasteiger partial charge in [0, 0.05) is 11.9 Å². The third kappa shape index (κ3) is 4.10. The van der Waals surface area contributed by atoms with Crippen molar-refractivity contribution in [3.8, 4) is 5.75 Å². The number of nitrogens with one attached hydrogen (secondary N) is 1. The Bertz CT molecular complexity index is 766. The van der Waals surface area contributed by atoms with E-state index in [1.165, 1.54) is 19.4 Å². The van der Waals surface area contributed by atoms with E-state index in [9.17, 15) is 14.4 Å². The molecule has 1 heterocycles. The summed E-state index contributed by atoms with van der Waals surface area (Å²) in [5.74, 6) is -1.21. The normalized spacial score (nSPS) is 9.96. The molecule has 23 heavy (non-hydrogen) atoms. The number of methoxy groups -OCH3 is 1. The number of carbonyl (C=O) groups is 2. The fourth-order valence-electron chi connectivity index (χ4n) is 1.74. The predicted molar refractivity (Wildman–Crippen MR) is 80.7 cm³/mol. The molecule has 0 atom stereocenters. The molecule has 0 aliphatic carbocycles. The van der Waals surface area contributed by atoms with Crippen LogP contribution in [0, 0.1) is 0 Å². The molecule has 1 amide bonds. The number of carbonyl (C=O) groups excluding carboxylic acids is 1. The van der Waals surface area contributed by atoms with E-state index in [4.69, 9.17) is 14.7 Å². The summed E-state index contributed by atoms with van der Waals surface area (Å²) in [4.78, 5) is 39.4. The standard InChI is InChI=1S/C15H14N2O6/c1-22-11-6-4-10(5-7-11)16-13(18)9-23-17-8-2-3-12(14(17)19)15(20)21/h2-8H,9H2,1H3,(H,16,18)(H,20,21). The third-order valence-corrected chi connectivity index (χ3v) is 2.85. The van der Waals surface area contributed by atoms with Gasteiger partial charge in [-0.2, -0.15) is 4.73 Å². The first-order valence-electron chi connectivity index (χ1n) is 6.53. The second kappa shape index (κ2) is 7.12. The maximum Gasteiger partial charge on any atom is 0.341 e. The topological polar surface area (TPSA) is 107 Å². The molecule has 0 saturated heterocycles. The number of anilines is 1. The van der Waals surface area contributed by atoms with Gasteiger partial charge in [-0.25, -0.2) is 4.79 Å². The van der Waals surface area contributed by atoms with E-state index in [0.717, 1.165) is 6.07 Å². The SMILES string of the molecule is COc1ccc(NC(=O)COn2cccc(C(=O)O)c2=O)cc1. The number of pyridine rings is 1. The van der Waals surface area contributed by atoms with Gasteiger partial charge in [-0.15, -0.1) is 0 Å². The minimum Gasteiger partial charge on any atom is -0.497 e. The Hall–Kier alpha value is -3.29. The fourth-order valence-corrected chi connectivity index (χ4v) is 1.74. The first-order chi connectivity index (χ1) is 11.0. The minimum atomic E-state index is -1.37. The largest absolute Gasteiger partial charge is 0.497 e. The van der Waals surface area contributed by atoms with Crippen LogP contribution in [0.3, 0.4) is 0 Å². The number of rotatable bonds is 6. The Labute approximate surface area is 130 Å². The van der Waals surface area contributed by atoms with Crippen LogP contribution in [0.4, 0.5) is 5.69 Å². The maximum absolute atomic E-state index is 11.8. The van der Waals surface area contributed by atoms with Gasteiger partial charge in [0.05, 0.1) is 7.11 Å². The Morgan fingerprint density at radius 3 is 2.52 bits per heavy atom. The van der Waals surface area contributed by atoms with Crippen LogP contribution >= 0.6 is 0 Å². The molecule has 0 saturated carbocycles. The van der Waals surface area contributed by atoms with E-state index >= 15 is 0 Å². The van der Waals surface area contributed by atoms with Gasteiger partial charge in [0.25, 0.3) is 11.5 Å². The van der Waals surface area contributed by atoms with Crippen LogP contribution in [0.2, 0.25) is 0 Å². The van der Waals surface area contributed by atoms with Crippen molar-refractivity contribution in [3.05, 3.63) is 58.5 Å². The van der Waals surface area contributed by atoms with Crippen molar-refractivity contribution >= 4 is 17.6 Å². The summed E-state index contributed by atoms with van der Waals surface area (Å²) < 4.78 is 5.71. The van der Waals surface area contributed by atoms with Crippen molar-refractivity contribution in [3.63, 3.8) is 0 Å². The summed E-state index contributed by atoms with van der Waals surface area (Å²) in [6.45, 7) is -0.449. The monoisotopic (exact) mass is 318 g/mol. The average Bonchev–Trinajstić information content (AvgIpc) is 2.54. The summed E-state index contributed by atoms with van der Waals surface area (Å²) in [5, 5.41) is 11.4. The Kier molecular flexibility index (Phi) is 4.98. The highest BCUT2D eigenvalue weighted by molar-refractivity contribution is 5.91. The average molecular weight is 318 g/mol. The number of carboxylic acid groups (broad SMARTS) is 1. The number of aromatic nitrogens is 1. The molecular formula is C15H14N2O6. The van der Waals surface area contributed by atoms with Gasteiger partial charge in [-0.3, -0.25) is 9.59 Å². The van der Waals surface area contributed by atoms with Crippen LogP contribution in [-0.2, 0) is 4.79 Å². The molecule has 8 nitrogen and oxygen atoms in total. The van der Waals surface area contributed by atoms with Crippen LogP contribution in [0.15, 0.2) is 47.4 Å². The molecule has 1 aromatic heterocycles. The molecule has 2 aromatic rings. The molecule has 0 radical (unpaired) electrons. The lowest BCUT2D eigenvalue weighted by atomic mass is 10.3. The van der Waals surface area contributed by atoms with Gasteiger partial charge in [-0.05, 0) is 36.4 Å². The van der Waals surface area contributed by atoms with Gasteiger partial charge < -0.3 is 20.0 Å². The summed E-state index contributed by atoms with van der Waals surface area (Å²) in [5.41, 5.74) is -0.758. The molecule has 2 N–H and O–H groups in total. The molecule has 0 aliphatic rings. The predicted octanol–water partition coefficient (Wildman–Crippen LogP) is 0.622. The van der Waals surface area contributed by atoms with Crippen LogP contribution < -0.4 is 20.5 Å². The molecule has 1 aromatic carbocycles. The lowest BCUT2D eigenvalue weighted by Gasteiger charge is -2.09. The molecule has 0 bridgehead atoms. The number of nitrogens with zero attached hydrogens (tertiary/aromatic N) is 1. The van der Waals surface area contributed by atoms with Crippen LogP contribution in [0.25, 0.3) is 0 Å². The van der Waals surface area contributed by atoms with Gasteiger partial charge >= 0.3 is 5.97 Å². The van der Waals surface area contributed by atoms with Gasteiger partial charge in [0.1, 0.15) is 11.3 Å². The van der Waals surface area contributed by atoms with Crippen LogP contribution in [0.5, 0.6) is 5.75 Å². The number of carboxylic acids is 1. The fraction of sp³-hybridized carbons (Fsp3) is 0.133. The van der Waals surface area contributed by atoms with E-state index in [1.54, 1.807) is 24.3 Å². The van der Waals surface area contributed by atoms with E-state index in [0.29, 0.717) is 16.2 Å². The summed E-state index contributed by atoms with van der Waals surface area (Å²) in [6.07, 6.45) is 1.23. The second-order valence-electron chi connectivity index (χ2n) is 4.41. The first kappa shape index (κ1) is 16.1. The molecule has 0 fully saturated rings. The van der Waals surface area contributed by atoms with Crippen LogP contribution in [0.1, 0.15) is 10.4 Å². The zero-order valence-electron chi connectivity index (χ0n) is 12.2. The van der Waals surface area contributed by atoms with Crippen molar-refractivity contribution in [2.24, 2.45) is 0 Å². The van der Waals surface area contributed by atoms with Crippen molar-refractivity contribution in [1.82, 2.24) is 4.73 Å². The number of ether oxygens (including phenoxy) is 1. The van der Waals surface area contributed by atoms with E-state index < -0.39 is 29.6 Å². The minimum absolute atomic E-state index is 0.442. The first-order valence-corrected chi connectivity index (χ1v) is 6.53. The maximum atomic E-state index is 11.8. The molecule has 8 heteroatoms. The second-order valence-corrected chi connectivity index (χ2v) is 4.41. The molecule has 0 aliphatic heterocycles. The third-order valence-electron chi connectivity index (χ3n) is 2.85. The van der Waals surface area contributed by atoms with Gasteiger partial charge in [0.15, 0.2) is 6.61 Å². The van der Waals surface area contributed by atoms with Crippen molar-refractivity contribution in [2.75, 3.05) is 19.0 Å².